The van der Waals surface area contributed by atoms with Gasteiger partial charge >= 0.3 is 11.9 Å². The maximum Gasteiger partial charge on any atom is 0.333 e. The second-order valence-corrected chi connectivity index (χ2v) is 17.1. The number of nitriles is 3. The predicted octanol–water partition coefficient (Wildman–Crippen LogP) is 12.8. The van der Waals surface area contributed by atoms with Crippen molar-refractivity contribution in [2.45, 2.75) is 136 Å². The molecule has 0 heterocycles. The van der Waals surface area contributed by atoms with E-state index < -0.39 is 17.4 Å². The highest BCUT2D eigenvalue weighted by atomic mass is 19.1. The van der Waals surface area contributed by atoms with Crippen LogP contribution >= 0.6 is 0 Å². The predicted molar refractivity (Wildman–Crippen MR) is 242 cm³/mol. The molecule has 0 saturated heterocycles. The summed E-state index contributed by atoms with van der Waals surface area (Å²) in [6.45, 7) is 15.2. The Balaban J connectivity index is 1.73. The van der Waals surface area contributed by atoms with Gasteiger partial charge in [-0.1, -0.05) is 83.0 Å². The van der Waals surface area contributed by atoms with E-state index in [-0.39, 0.29) is 44.9 Å². The number of ether oxygens (including phenoxy) is 3. The van der Waals surface area contributed by atoms with Crippen molar-refractivity contribution in [1.82, 2.24) is 0 Å². The Kier molecular flexibility index (Phi) is 19.5. The van der Waals surface area contributed by atoms with Crippen molar-refractivity contribution in [2.24, 2.45) is 11.3 Å². The maximum absolute atomic E-state index is 16.4. The van der Waals surface area contributed by atoms with Crippen LogP contribution in [0.3, 0.4) is 0 Å². The molecule has 0 radical (unpaired) electrons. The topological polar surface area (TPSA) is 133 Å². The fourth-order valence-corrected chi connectivity index (χ4v) is 8.44. The van der Waals surface area contributed by atoms with Crippen molar-refractivity contribution in [2.75, 3.05) is 19.8 Å². The molecule has 328 valence electrons. The van der Waals surface area contributed by atoms with Crippen LogP contribution in [0.5, 0.6) is 5.75 Å². The number of halogens is 1. The summed E-state index contributed by atoms with van der Waals surface area (Å²) in [5, 5.41) is 28.7. The molecule has 1 aliphatic carbocycles. The number of carbonyl (C=O) groups is 2. The van der Waals surface area contributed by atoms with Crippen LogP contribution in [0, 0.1) is 51.1 Å². The molecule has 1 aliphatic rings. The van der Waals surface area contributed by atoms with E-state index in [0.29, 0.717) is 60.5 Å². The summed E-state index contributed by atoms with van der Waals surface area (Å²) in [6.07, 6.45) is 12.3. The highest BCUT2D eigenvalue weighted by Gasteiger charge is 2.32. The Hall–Kier alpha value is -5.72. The van der Waals surface area contributed by atoms with Crippen LogP contribution in [0.15, 0.2) is 72.8 Å². The van der Waals surface area contributed by atoms with Crippen LogP contribution in [0.1, 0.15) is 139 Å². The lowest BCUT2D eigenvalue weighted by molar-refractivity contribution is -0.139. The van der Waals surface area contributed by atoms with Crippen molar-refractivity contribution in [3.63, 3.8) is 0 Å². The van der Waals surface area contributed by atoms with Gasteiger partial charge in [0.1, 0.15) is 11.6 Å². The lowest BCUT2D eigenvalue weighted by Crippen LogP contribution is -2.28. The largest absolute Gasteiger partial charge is 0.493 e. The van der Waals surface area contributed by atoms with Gasteiger partial charge in [0, 0.05) is 41.4 Å². The Morgan fingerprint density at radius 3 is 1.87 bits per heavy atom. The number of carbonyl (C=O) groups excluding carboxylic acids is 2. The molecule has 0 atom stereocenters. The van der Waals surface area contributed by atoms with Crippen molar-refractivity contribution < 1.29 is 28.2 Å². The second-order valence-electron chi connectivity index (χ2n) is 17.1. The quantitative estimate of drug-likeness (QED) is 0.0494. The van der Waals surface area contributed by atoms with Crippen LogP contribution < -0.4 is 4.74 Å². The van der Waals surface area contributed by atoms with Crippen molar-refractivity contribution in [3.8, 4) is 46.2 Å². The number of hydrogen-bond acceptors (Lipinski definition) is 8. The van der Waals surface area contributed by atoms with Crippen LogP contribution in [-0.2, 0) is 38.3 Å². The van der Waals surface area contributed by atoms with E-state index in [1.54, 1.807) is 19.9 Å². The SMILES string of the molecule is C=C(C)C(=O)OCCCc1cc(-c2cc(CC)c(-c3ccc(C4CCC(CCCCC)CC4)cc3F)cc2CCCOC(=O)C(=C)C)ccc1OCC(CC#N)(CC#N)CC#N. The van der Waals surface area contributed by atoms with Gasteiger partial charge in [-0.05, 0) is 141 Å². The van der Waals surface area contributed by atoms with Gasteiger partial charge in [0.25, 0.3) is 0 Å². The fraction of sp³-hybridized carbons (Fsp3) is 0.491. The first-order chi connectivity index (χ1) is 29.9. The number of unbranched alkanes of at least 4 members (excludes halogenated alkanes) is 2. The molecule has 0 unspecified atom stereocenters. The average Bonchev–Trinajstić information content (AvgIpc) is 3.26. The molecule has 62 heavy (non-hydrogen) atoms. The third kappa shape index (κ3) is 13.9. The van der Waals surface area contributed by atoms with Crippen LogP contribution in [0.4, 0.5) is 4.39 Å². The van der Waals surface area contributed by atoms with Gasteiger partial charge in [-0.2, -0.15) is 15.8 Å². The summed E-state index contributed by atoms with van der Waals surface area (Å²) < 4.78 is 33.6. The van der Waals surface area contributed by atoms with Crippen molar-refractivity contribution in [3.05, 3.63) is 101 Å². The molecule has 0 amide bonds. The first kappa shape index (κ1) is 48.9. The van der Waals surface area contributed by atoms with Crippen LogP contribution in [0.2, 0.25) is 0 Å². The number of aryl methyl sites for hydroxylation is 3. The Bertz CT molecular complexity index is 2120. The third-order valence-corrected chi connectivity index (χ3v) is 12.1. The zero-order chi connectivity index (χ0) is 45.1. The molecule has 4 rings (SSSR count). The highest BCUT2D eigenvalue weighted by Crippen LogP contribution is 2.41. The van der Waals surface area contributed by atoms with Crippen LogP contribution in [0.25, 0.3) is 22.3 Å². The molecule has 0 aromatic heterocycles. The monoisotopic (exact) mass is 841 g/mol. The van der Waals surface area contributed by atoms with E-state index in [1.807, 2.05) is 24.3 Å². The standard InChI is InChI=1S/C53H64FN3O5/c1-7-9-10-13-39-16-18-41(19-17-39)42-20-22-46(49(54)35-42)48-34-43(14-11-30-60-51(58)37(3)4)47(33-40(48)8-2)44-21-23-50(45(32-44)15-12-31-61-52(59)38(5)6)62-36-53(24-27-55,25-28-56)26-29-57/h20-23,32-35,39,41H,3,5,7-19,24-26,30-31,36H2,1-2,4,6H3. The van der Waals surface area contributed by atoms with Gasteiger partial charge in [-0.3, -0.25) is 0 Å². The van der Waals surface area contributed by atoms with Crippen LogP contribution in [-0.4, -0.2) is 31.8 Å². The fourth-order valence-electron chi connectivity index (χ4n) is 8.44. The molecule has 0 aliphatic heterocycles. The summed E-state index contributed by atoms with van der Waals surface area (Å²) in [7, 11) is 0. The first-order valence-electron chi connectivity index (χ1n) is 22.4. The van der Waals surface area contributed by atoms with Gasteiger partial charge in [0.05, 0.1) is 38.0 Å². The normalized spacial score (nSPS) is 14.8. The van der Waals surface area contributed by atoms with E-state index in [9.17, 15) is 25.4 Å². The molecule has 1 fully saturated rings. The van der Waals surface area contributed by atoms with E-state index in [0.717, 1.165) is 57.7 Å². The molecule has 0 N–H and O–H groups in total. The minimum absolute atomic E-state index is 0.00777. The molecule has 0 bridgehead atoms. The number of benzene rings is 3. The van der Waals surface area contributed by atoms with E-state index >= 15 is 4.39 Å². The maximum atomic E-state index is 16.4. The number of nitrogens with zero attached hydrogens (tertiary/aromatic N) is 3. The van der Waals surface area contributed by atoms with E-state index in [2.05, 4.69) is 63.4 Å². The molecule has 0 spiro atoms. The first-order valence-corrected chi connectivity index (χ1v) is 22.4. The smallest absolute Gasteiger partial charge is 0.333 e. The number of esters is 2. The summed E-state index contributed by atoms with van der Waals surface area (Å²) in [5.74, 6) is 0.530. The highest BCUT2D eigenvalue weighted by molar-refractivity contribution is 5.87. The van der Waals surface area contributed by atoms with Gasteiger partial charge in [-0.25, -0.2) is 14.0 Å². The Labute approximate surface area is 369 Å². The molecule has 9 heteroatoms. The van der Waals surface area contributed by atoms with E-state index in [4.69, 9.17) is 14.2 Å². The van der Waals surface area contributed by atoms with Gasteiger partial charge in [0.15, 0.2) is 0 Å². The number of rotatable bonds is 24. The molecule has 1 saturated carbocycles. The lowest BCUT2D eigenvalue weighted by atomic mass is 9.76. The minimum atomic E-state index is -0.960. The van der Waals surface area contributed by atoms with E-state index in [1.165, 1.54) is 38.5 Å². The van der Waals surface area contributed by atoms with Gasteiger partial charge in [-0.15, -0.1) is 0 Å². The summed E-state index contributed by atoms with van der Waals surface area (Å²) >= 11 is 0. The molecule has 3 aromatic carbocycles. The Morgan fingerprint density at radius 1 is 0.726 bits per heavy atom. The average molecular weight is 842 g/mol. The van der Waals surface area contributed by atoms with Crippen molar-refractivity contribution >= 4 is 11.9 Å². The molecular weight excluding hydrogens is 778 g/mol. The lowest BCUT2D eigenvalue weighted by Gasteiger charge is -2.29. The summed E-state index contributed by atoms with van der Waals surface area (Å²) in [6, 6.07) is 22.2. The number of hydrogen-bond donors (Lipinski definition) is 0. The zero-order valence-electron chi connectivity index (χ0n) is 37.4. The third-order valence-electron chi connectivity index (χ3n) is 12.1. The summed E-state index contributed by atoms with van der Waals surface area (Å²) in [4.78, 5) is 24.4. The zero-order valence-corrected chi connectivity index (χ0v) is 37.4. The molecular formula is C53H64FN3O5. The summed E-state index contributed by atoms with van der Waals surface area (Å²) in [5.41, 5.74) is 6.73. The van der Waals surface area contributed by atoms with Gasteiger partial charge in [0.2, 0.25) is 0 Å². The molecule has 8 nitrogen and oxygen atoms in total. The minimum Gasteiger partial charge on any atom is -0.493 e. The Morgan fingerprint density at radius 2 is 1.32 bits per heavy atom. The second kappa shape index (κ2) is 24.7. The van der Waals surface area contributed by atoms with Crippen molar-refractivity contribution in [1.29, 1.82) is 15.8 Å². The van der Waals surface area contributed by atoms with Gasteiger partial charge < -0.3 is 14.2 Å². The molecule has 3 aromatic rings.